The van der Waals surface area contributed by atoms with E-state index in [9.17, 15) is 0 Å². The van der Waals surface area contributed by atoms with Gasteiger partial charge in [-0.05, 0) is 46.8 Å². The minimum Gasteiger partial charge on any atom is -0.315 e. The van der Waals surface area contributed by atoms with Crippen molar-refractivity contribution in [2.45, 2.75) is 38.6 Å². The lowest BCUT2D eigenvalue weighted by Crippen LogP contribution is -2.35. The van der Waals surface area contributed by atoms with Crippen LogP contribution in [0.2, 0.25) is 0 Å². The highest BCUT2D eigenvalue weighted by Gasteiger charge is 2.01. The van der Waals surface area contributed by atoms with E-state index in [4.69, 9.17) is 0 Å². The molecule has 0 amide bonds. The third kappa shape index (κ3) is 8.27. The van der Waals surface area contributed by atoms with Gasteiger partial charge in [0.1, 0.15) is 0 Å². The summed E-state index contributed by atoms with van der Waals surface area (Å²) in [6.07, 6.45) is 7.05. The summed E-state index contributed by atoms with van der Waals surface area (Å²) >= 11 is 0. The molecule has 1 N–H and O–H groups in total. The molecule has 0 spiro atoms. The quantitative estimate of drug-likeness (QED) is 0.452. The van der Waals surface area contributed by atoms with Crippen LogP contribution in [-0.4, -0.2) is 38.1 Å². The summed E-state index contributed by atoms with van der Waals surface area (Å²) in [5.74, 6) is 0. The molecule has 0 saturated heterocycles. The molecular formula is C12H26N2. The molecule has 0 rings (SSSR count). The van der Waals surface area contributed by atoms with Crippen molar-refractivity contribution < 1.29 is 0 Å². The Morgan fingerprint density at radius 1 is 1.29 bits per heavy atom. The lowest BCUT2D eigenvalue weighted by molar-refractivity contribution is 0.302. The standard InChI is InChI=1S/C12H26N2/c1-5-6-7-8-9-10-13-11-12(2)14(3)4/h5,12-13H,1,6-11H2,2-4H3. The number of rotatable bonds is 9. The minimum absolute atomic E-state index is 0.628. The van der Waals surface area contributed by atoms with E-state index in [2.05, 4.69) is 37.8 Å². The zero-order valence-electron chi connectivity index (χ0n) is 10.1. The molecule has 0 aromatic rings. The average molecular weight is 198 g/mol. The first-order valence-electron chi connectivity index (χ1n) is 5.66. The summed E-state index contributed by atoms with van der Waals surface area (Å²) in [7, 11) is 4.24. The van der Waals surface area contributed by atoms with Crippen LogP contribution in [0.3, 0.4) is 0 Å². The first-order chi connectivity index (χ1) is 6.68. The zero-order chi connectivity index (χ0) is 10.8. The van der Waals surface area contributed by atoms with Crippen LogP contribution in [0, 0.1) is 0 Å². The highest BCUT2D eigenvalue weighted by molar-refractivity contribution is 4.66. The first kappa shape index (κ1) is 13.7. The molecular weight excluding hydrogens is 172 g/mol. The second kappa shape index (κ2) is 9.22. The van der Waals surface area contributed by atoms with E-state index in [1.165, 1.54) is 19.3 Å². The van der Waals surface area contributed by atoms with E-state index < -0.39 is 0 Å². The molecule has 0 aromatic heterocycles. The monoisotopic (exact) mass is 198 g/mol. The van der Waals surface area contributed by atoms with E-state index in [0.29, 0.717) is 6.04 Å². The van der Waals surface area contributed by atoms with Crippen molar-refractivity contribution in [2.75, 3.05) is 27.2 Å². The molecule has 0 aromatic carbocycles. The summed E-state index contributed by atoms with van der Waals surface area (Å²) in [5, 5.41) is 3.48. The molecule has 2 heteroatoms. The number of nitrogens with zero attached hydrogens (tertiary/aromatic N) is 1. The first-order valence-corrected chi connectivity index (χ1v) is 5.66. The molecule has 0 radical (unpaired) electrons. The van der Waals surface area contributed by atoms with Crippen molar-refractivity contribution in [2.24, 2.45) is 0 Å². The smallest absolute Gasteiger partial charge is 0.0186 e. The van der Waals surface area contributed by atoms with Crippen molar-refractivity contribution in [1.29, 1.82) is 0 Å². The van der Waals surface area contributed by atoms with E-state index in [1.807, 2.05) is 6.08 Å². The second-order valence-corrected chi connectivity index (χ2v) is 4.15. The third-order valence-electron chi connectivity index (χ3n) is 2.58. The fraction of sp³-hybridized carbons (Fsp3) is 0.833. The molecule has 14 heavy (non-hydrogen) atoms. The third-order valence-corrected chi connectivity index (χ3v) is 2.58. The molecule has 0 heterocycles. The Morgan fingerprint density at radius 2 is 2.00 bits per heavy atom. The maximum atomic E-state index is 3.72. The number of likely N-dealkylation sites (N-methyl/N-ethyl adjacent to an activating group) is 1. The number of allylic oxidation sites excluding steroid dienone is 1. The molecule has 0 aliphatic heterocycles. The van der Waals surface area contributed by atoms with Gasteiger partial charge >= 0.3 is 0 Å². The summed E-state index contributed by atoms with van der Waals surface area (Å²) < 4.78 is 0. The highest BCUT2D eigenvalue weighted by atomic mass is 15.1. The largest absolute Gasteiger partial charge is 0.315 e. The van der Waals surface area contributed by atoms with Crippen LogP contribution in [0.5, 0.6) is 0 Å². The van der Waals surface area contributed by atoms with Gasteiger partial charge in [0.15, 0.2) is 0 Å². The molecule has 84 valence electrons. The van der Waals surface area contributed by atoms with Crippen molar-refractivity contribution in [3.63, 3.8) is 0 Å². The van der Waals surface area contributed by atoms with Gasteiger partial charge in [-0.2, -0.15) is 0 Å². The summed E-state index contributed by atoms with van der Waals surface area (Å²) in [4.78, 5) is 2.24. The van der Waals surface area contributed by atoms with Crippen LogP contribution >= 0.6 is 0 Å². The van der Waals surface area contributed by atoms with Crippen LogP contribution in [0.4, 0.5) is 0 Å². The molecule has 0 aliphatic carbocycles. The number of unbranched alkanes of at least 4 members (excludes halogenated alkanes) is 3. The van der Waals surface area contributed by atoms with Gasteiger partial charge < -0.3 is 10.2 Å². The Morgan fingerprint density at radius 3 is 2.57 bits per heavy atom. The molecule has 0 bridgehead atoms. The fourth-order valence-electron chi connectivity index (χ4n) is 1.21. The van der Waals surface area contributed by atoms with Gasteiger partial charge in [0.2, 0.25) is 0 Å². The van der Waals surface area contributed by atoms with E-state index in [-0.39, 0.29) is 0 Å². The average Bonchev–Trinajstić information content (AvgIpc) is 2.16. The van der Waals surface area contributed by atoms with Gasteiger partial charge in [-0.25, -0.2) is 0 Å². The summed E-state index contributed by atoms with van der Waals surface area (Å²) in [5.41, 5.74) is 0. The maximum Gasteiger partial charge on any atom is 0.0186 e. The zero-order valence-corrected chi connectivity index (χ0v) is 10.1. The van der Waals surface area contributed by atoms with Crippen LogP contribution in [0.25, 0.3) is 0 Å². The van der Waals surface area contributed by atoms with Gasteiger partial charge in [0.25, 0.3) is 0 Å². The number of hydrogen-bond donors (Lipinski definition) is 1. The predicted octanol–water partition coefficient (Wildman–Crippen LogP) is 2.27. The Bertz CT molecular complexity index is 132. The molecule has 1 atom stereocenters. The maximum absolute atomic E-state index is 3.72. The van der Waals surface area contributed by atoms with Crippen molar-refractivity contribution in [3.05, 3.63) is 12.7 Å². The van der Waals surface area contributed by atoms with Crippen LogP contribution in [0.15, 0.2) is 12.7 Å². The molecule has 0 saturated carbocycles. The van der Waals surface area contributed by atoms with Crippen molar-refractivity contribution >= 4 is 0 Å². The number of nitrogens with one attached hydrogen (secondary N) is 1. The van der Waals surface area contributed by atoms with Crippen molar-refractivity contribution in [1.82, 2.24) is 10.2 Å². The summed E-state index contributed by atoms with van der Waals surface area (Å²) in [6.45, 7) is 8.20. The lowest BCUT2D eigenvalue weighted by atomic mass is 10.2. The SMILES string of the molecule is C=CCCCCCNCC(C)N(C)C. The Kier molecular flexibility index (Phi) is 9.00. The van der Waals surface area contributed by atoms with Gasteiger partial charge in [-0.1, -0.05) is 12.5 Å². The van der Waals surface area contributed by atoms with Crippen molar-refractivity contribution in [3.8, 4) is 0 Å². The van der Waals surface area contributed by atoms with Gasteiger partial charge in [-0.15, -0.1) is 6.58 Å². The van der Waals surface area contributed by atoms with E-state index in [0.717, 1.165) is 19.5 Å². The fourth-order valence-corrected chi connectivity index (χ4v) is 1.21. The minimum atomic E-state index is 0.628. The van der Waals surface area contributed by atoms with E-state index >= 15 is 0 Å². The van der Waals surface area contributed by atoms with Crippen LogP contribution in [0.1, 0.15) is 32.6 Å². The Balaban J connectivity index is 3.09. The van der Waals surface area contributed by atoms with Crippen LogP contribution < -0.4 is 5.32 Å². The molecule has 1 unspecified atom stereocenters. The highest BCUT2D eigenvalue weighted by Crippen LogP contribution is 1.98. The predicted molar refractivity (Wildman–Crippen MR) is 64.7 cm³/mol. The molecule has 0 fully saturated rings. The Labute approximate surface area is 89.4 Å². The second-order valence-electron chi connectivity index (χ2n) is 4.15. The normalized spacial score (nSPS) is 13.1. The van der Waals surface area contributed by atoms with E-state index in [1.54, 1.807) is 0 Å². The molecule has 0 aliphatic rings. The topological polar surface area (TPSA) is 15.3 Å². The Hall–Kier alpha value is -0.340. The number of hydrogen-bond acceptors (Lipinski definition) is 2. The van der Waals surface area contributed by atoms with Gasteiger partial charge in [-0.3, -0.25) is 0 Å². The van der Waals surface area contributed by atoms with Crippen LogP contribution in [-0.2, 0) is 0 Å². The van der Waals surface area contributed by atoms with Gasteiger partial charge in [0.05, 0.1) is 0 Å². The van der Waals surface area contributed by atoms with Gasteiger partial charge in [0, 0.05) is 12.6 Å². The molecule has 2 nitrogen and oxygen atoms in total. The summed E-state index contributed by atoms with van der Waals surface area (Å²) in [6, 6.07) is 0.628. The lowest BCUT2D eigenvalue weighted by Gasteiger charge is -2.19.